The number of nitrogens with one attached hydrogen (secondary N) is 2. The average molecular weight is 579 g/mol. The number of hydrogen-bond donors (Lipinski definition) is 3. The second-order valence-corrected chi connectivity index (χ2v) is 10.1. The Labute approximate surface area is 235 Å². The Morgan fingerprint density at radius 2 is 1.92 bits per heavy atom. The molecule has 194 valence electrons. The molecule has 1 atom stereocenters. The second-order valence-electron chi connectivity index (χ2n) is 8.32. The highest BCUT2D eigenvalue weighted by Gasteiger charge is 2.22. The zero-order valence-corrected chi connectivity index (χ0v) is 22.2. The molecule has 0 saturated heterocycles. The molecule has 3 N–H and O–H groups in total. The summed E-state index contributed by atoms with van der Waals surface area (Å²) in [7, 11) is 0. The summed E-state index contributed by atoms with van der Waals surface area (Å²) in [6, 6.07) is 13.2. The Morgan fingerprint density at radius 1 is 1.10 bits per heavy atom. The van der Waals surface area contributed by atoms with Gasteiger partial charge in [-0.05, 0) is 36.4 Å². The largest absolute Gasteiger partial charge is 0.394 e. The molecule has 3 aromatic heterocycles. The molecule has 5 aromatic rings. The highest BCUT2D eigenvalue weighted by molar-refractivity contribution is 7.10. The van der Waals surface area contributed by atoms with Gasteiger partial charge in [-0.2, -0.15) is 10.5 Å². The van der Waals surface area contributed by atoms with Crippen LogP contribution in [-0.4, -0.2) is 31.7 Å². The summed E-state index contributed by atoms with van der Waals surface area (Å²) in [5.41, 5.74) is 3.24. The highest BCUT2D eigenvalue weighted by atomic mass is 35.5. The molecule has 0 aliphatic carbocycles. The lowest BCUT2D eigenvalue weighted by molar-refractivity contribution is 0.268. The topological polar surface area (TPSA) is 135 Å². The molecular weight excluding hydrogens is 562 g/mol. The van der Waals surface area contributed by atoms with Crippen LogP contribution in [0.15, 0.2) is 54.2 Å². The molecule has 3 heterocycles. The number of aliphatic hydroxyl groups is 1. The Kier molecular flexibility index (Phi) is 7.59. The van der Waals surface area contributed by atoms with Crippen molar-refractivity contribution in [1.82, 2.24) is 20.0 Å². The fourth-order valence-electron chi connectivity index (χ4n) is 3.96. The van der Waals surface area contributed by atoms with Crippen molar-refractivity contribution in [2.24, 2.45) is 0 Å². The van der Waals surface area contributed by atoms with Crippen molar-refractivity contribution in [3.05, 3.63) is 91.7 Å². The number of rotatable bonds is 8. The van der Waals surface area contributed by atoms with Gasteiger partial charge in [-0.25, -0.2) is 9.07 Å². The normalized spacial score (nSPS) is 11.6. The molecule has 0 spiro atoms. The van der Waals surface area contributed by atoms with Crippen LogP contribution in [0, 0.1) is 28.5 Å². The quantitative estimate of drug-likeness (QED) is 0.203. The predicted octanol–water partition coefficient (Wildman–Crippen LogP) is 6.01. The molecular formula is C26H17Cl2FN8OS. The summed E-state index contributed by atoms with van der Waals surface area (Å²) in [5.74, 6) is -0.563. The highest BCUT2D eigenvalue weighted by Crippen LogP contribution is 2.37. The van der Waals surface area contributed by atoms with Crippen LogP contribution in [0.4, 0.5) is 21.5 Å². The Hall–Kier alpha value is -4.26. The van der Waals surface area contributed by atoms with Gasteiger partial charge in [0.1, 0.15) is 29.7 Å². The van der Waals surface area contributed by atoms with Gasteiger partial charge in [0.2, 0.25) is 0 Å². The third kappa shape index (κ3) is 5.48. The Bertz CT molecular complexity index is 1770. The van der Waals surface area contributed by atoms with Gasteiger partial charge in [-0.3, -0.25) is 4.98 Å². The first kappa shape index (κ1) is 26.4. The number of aromatic nitrogens is 4. The minimum Gasteiger partial charge on any atom is -0.394 e. The van der Waals surface area contributed by atoms with E-state index in [4.69, 9.17) is 23.2 Å². The number of anilines is 3. The summed E-state index contributed by atoms with van der Waals surface area (Å²) < 4.78 is 15.2. The number of thiophene rings is 1. The number of benzene rings is 2. The first-order chi connectivity index (χ1) is 18.9. The number of nitrogens with zero attached hydrogens (tertiary/aromatic N) is 6. The van der Waals surface area contributed by atoms with Crippen LogP contribution in [0.2, 0.25) is 10.0 Å². The van der Waals surface area contributed by atoms with E-state index in [0.29, 0.717) is 44.2 Å². The van der Waals surface area contributed by atoms with Gasteiger partial charge in [-0.15, -0.1) is 16.4 Å². The number of pyridine rings is 1. The van der Waals surface area contributed by atoms with E-state index in [1.165, 1.54) is 40.4 Å². The van der Waals surface area contributed by atoms with Crippen molar-refractivity contribution in [3.8, 4) is 12.1 Å². The fourth-order valence-corrected chi connectivity index (χ4v) is 5.30. The maximum atomic E-state index is 13.7. The summed E-state index contributed by atoms with van der Waals surface area (Å²) in [6.45, 7) is 0.183. The molecule has 0 fully saturated rings. The monoisotopic (exact) mass is 578 g/mol. The predicted molar refractivity (Wildman–Crippen MR) is 148 cm³/mol. The van der Waals surface area contributed by atoms with Crippen molar-refractivity contribution in [2.75, 3.05) is 17.2 Å². The van der Waals surface area contributed by atoms with Crippen LogP contribution in [-0.2, 0) is 6.54 Å². The van der Waals surface area contributed by atoms with Gasteiger partial charge in [0.05, 0.1) is 51.7 Å². The van der Waals surface area contributed by atoms with Gasteiger partial charge >= 0.3 is 0 Å². The van der Waals surface area contributed by atoms with Crippen LogP contribution in [0.25, 0.3) is 10.9 Å². The molecule has 0 bridgehead atoms. The van der Waals surface area contributed by atoms with E-state index < -0.39 is 11.9 Å². The molecule has 2 aromatic carbocycles. The van der Waals surface area contributed by atoms with E-state index in [-0.39, 0.29) is 23.7 Å². The van der Waals surface area contributed by atoms with Crippen LogP contribution < -0.4 is 10.6 Å². The second kappa shape index (κ2) is 11.2. The molecule has 0 saturated carbocycles. The summed E-state index contributed by atoms with van der Waals surface area (Å²) in [5, 5.41) is 45.8. The molecule has 13 heteroatoms. The summed E-state index contributed by atoms with van der Waals surface area (Å²) in [4.78, 5) is 5.18. The standard InChI is InChI=1S/C26H17Cl2FN8OS/c27-19-7-16(1-2-21(19)29)33-24-15(10-31)11-32-25-18(24)6-17(8-20(25)28)34-26(23-5-14(9-30)13-39-23)22-12-37(3-4-38)36-35-22/h1-2,5-8,11-13,26,34,38H,3-4H2,(H,32,33). The minimum absolute atomic E-state index is 0.0676. The third-order valence-electron chi connectivity index (χ3n) is 5.76. The van der Waals surface area contributed by atoms with Crippen molar-refractivity contribution in [2.45, 2.75) is 12.6 Å². The molecule has 39 heavy (non-hydrogen) atoms. The number of nitriles is 2. The number of fused-ring (bicyclic) bond motifs is 1. The zero-order valence-electron chi connectivity index (χ0n) is 19.9. The Morgan fingerprint density at radius 3 is 2.64 bits per heavy atom. The van der Waals surface area contributed by atoms with E-state index in [1.54, 1.807) is 29.8 Å². The van der Waals surface area contributed by atoms with E-state index in [9.17, 15) is 20.0 Å². The lowest BCUT2D eigenvalue weighted by Gasteiger charge is -2.19. The molecule has 0 aliphatic heterocycles. The Balaban J connectivity index is 1.60. The molecule has 9 nitrogen and oxygen atoms in total. The SMILES string of the molecule is N#Cc1csc(C(Nc2cc(Cl)c3ncc(C#N)c(Nc4ccc(F)c(Cl)c4)c3c2)c2cn(CCO)nn2)c1. The summed E-state index contributed by atoms with van der Waals surface area (Å²) >= 11 is 14.0. The molecule has 1 unspecified atom stereocenters. The summed E-state index contributed by atoms with van der Waals surface area (Å²) in [6.07, 6.45) is 3.12. The molecule has 0 radical (unpaired) electrons. The van der Waals surface area contributed by atoms with Gasteiger partial charge in [-0.1, -0.05) is 28.4 Å². The minimum atomic E-state index is -0.563. The van der Waals surface area contributed by atoms with Gasteiger partial charge in [0, 0.05) is 33.2 Å². The van der Waals surface area contributed by atoms with Crippen molar-refractivity contribution < 1.29 is 9.50 Å². The van der Waals surface area contributed by atoms with E-state index in [1.807, 2.05) is 0 Å². The average Bonchev–Trinajstić information content (AvgIpc) is 3.60. The van der Waals surface area contributed by atoms with Crippen LogP contribution in [0.3, 0.4) is 0 Å². The van der Waals surface area contributed by atoms with Gasteiger partial charge in [0.25, 0.3) is 0 Å². The maximum absolute atomic E-state index is 13.7. The van der Waals surface area contributed by atoms with E-state index in [0.717, 1.165) is 4.88 Å². The number of aliphatic hydroxyl groups excluding tert-OH is 1. The van der Waals surface area contributed by atoms with Gasteiger partial charge < -0.3 is 15.7 Å². The number of hydrogen-bond acceptors (Lipinski definition) is 9. The fraction of sp³-hybridized carbons (Fsp3) is 0.115. The first-order valence-corrected chi connectivity index (χ1v) is 13.0. The molecule has 0 amide bonds. The van der Waals surface area contributed by atoms with Crippen LogP contribution >= 0.6 is 34.5 Å². The third-order valence-corrected chi connectivity index (χ3v) is 7.34. The van der Waals surface area contributed by atoms with Crippen LogP contribution in [0.1, 0.15) is 27.7 Å². The van der Waals surface area contributed by atoms with Crippen molar-refractivity contribution in [1.29, 1.82) is 10.5 Å². The number of halogens is 3. The smallest absolute Gasteiger partial charge is 0.141 e. The van der Waals surface area contributed by atoms with Crippen molar-refractivity contribution in [3.63, 3.8) is 0 Å². The molecule has 5 rings (SSSR count). The van der Waals surface area contributed by atoms with E-state index >= 15 is 0 Å². The molecule has 0 aliphatic rings. The van der Waals surface area contributed by atoms with Gasteiger partial charge in [0.15, 0.2) is 0 Å². The lowest BCUT2D eigenvalue weighted by Crippen LogP contribution is -2.12. The van der Waals surface area contributed by atoms with E-state index in [2.05, 4.69) is 38.1 Å². The maximum Gasteiger partial charge on any atom is 0.141 e. The lowest BCUT2D eigenvalue weighted by atomic mass is 10.1. The zero-order chi connectivity index (χ0) is 27.5. The van der Waals surface area contributed by atoms with Crippen LogP contribution in [0.5, 0.6) is 0 Å². The van der Waals surface area contributed by atoms with Crippen molar-refractivity contribution >= 4 is 62.5 Å². The first-order valence-electron chi connectivity index (χ1n) is 11.4.